The molecule has 148 valence electrons. The molecule has 0 fully saturated rings. The second-order valence-corrected chi connectivity index (χ2v) is 8.05. The van der Waals surface area contributed by atoms with Crippen LogP contribution in [0.5, 0.6) is 0 Å². The van der Waals surface area contributed by atoms with Gasteiger partial charge in [-0.1, -0.05) is 30.0 Å². The summed E-state index contributed by atoms with van der Waals surface area (Å²) in [5.41, 5.74) is 5.69. The fourth-order valence-corrected chi connectivity index (χ4v) is 4.63. The first-order chi connectivity index (χ1) is 13.5. The summed E-state index contributed by atoms with van der Waals surface area (Å²) in [4.78, 5) is 40.7. The number of fused-ring (bicyclic) bond motifs is 3. The number of nitrogens with two attached hydrogens (primary N) is 1. The van der Waals surface area contributed by atoms with Gasteiger partial charge in [0.15, 0.2) is 5.16 Å². The normalized spacial score (nSPS) is 11.2. The second-order valence-electron chi connectivity index (χ2n) is 6.06. The maximum atomic E-state index is 13.1. The monoisotopic (exact) mass is 420 g/mol. The van der Waals surface area contributed by atoms with Crippen molar-refractivity contribution in [2.45, 2.75) is 24.5 Å². The van der Waals surface area contributed by atoms with E-state index in [1.807, 2.05) is 24.3 Å². The molecule has 0 saturated carbocycles. The highest BCUT2D eigenvalue weighted by Gasteiger charge is 2.17. The van der Waals surface area contributed by atoms with Gasteiger partial charge in [0.05, 0.1) is 17.9 Å². The molecule has 0 aliphatic rings. The molecular formula is C18H20N4O4S2. The zero-order valence-corrected chi connectivity index (χ0v) is 16.6. The molecule has 0 aliphatic heterocycles. The van der Waals surface area contributed by atoms with Crippen LogP contribution in [0.25, 0.3) is 20.3 Å². The maximum Gasteiger partial charge on any atom is 0.272 e. The Labute approximate surface area is 168 Å². The number of thioether (sulfide) groups is 1. The molecule has 0 radical (unpaired) electrons. The summed E-state index contributed by atoms with van der Waals surface area (Å²) in [6.07, 6.45) is 0.649. The predicted octanol–water partition coefficient (Wildman–Crippen LogP) is 1.08. The number of aromatic nitrogens is 2. The number of aliphatic hydroxyl groups excluding tert-OH is 1. The minimum Gasteiger partial charge on any atom is -0.395 e. The standard InChI is InChI=1S/C18H20N4O4S2/c19-13(24)10-27-18-21-15-11-4-1-2-5-12(11)28-16(15)17(26)22(18)8-3-6-14(25)20-7-9-23/h1-2,4-5,23H,3,6-10H2,(H2,19,24)(H,20,25). The quantitative estimate of drug-likeness (QED) is 0.351. The van der Waals surface area contributed by atoms with Crippen LogP contribution < -0.4 is 16.6 Å². The number of rotatable bonds is 9. The van der Waals surface area contributed by atoms with Crippen molar-refractivity contribution in [3.63, 3.8) is 0 Å². The van der Waals surface area contributed by atoms with E-state index in [4.69, 9.17) is 10.8 Å². The first kappa shape index (κ1) is 20.3. The fourth-order valence-electron chi connectivity index (χ4n) is 2.78. The van der Waals surface area contributed by atoms with Crippen LogP contribution in [0.3, 0.4) is 0 Å². The molecule has 4 N–H and O–H groups in total. The third kappa shape index (κ3) is 4.51. The first-order valence-electron chi connectivity index (χ1n) is 8.72. The summed E-state index contributed by atoms with van der Waals surface area (Å²) < 4.78 is 3.02. The molecule has 0 aliphatic carbocycles. The Balaban J connectivity index is 1.94. The molecule has 0 atom stereocenters. The molecule has 28 heavy (non-hydrogen) atoms. The summed E-state index contributed by atoms with van der Waals surface area (Å²) in [6, 6.07) is 7.65. The Kier molecular flexibility index (Phi) is 6.65. The molecule has 0 bridgehead atoms. The van der Waals surface area contributed by atoms with Crippen molar-refractivity contribution < 1.29 is 14.7 Å². The van der Waals surface area contributed by atoms with E-state index < -0.39 is 5.91 Å². The average molecular weight is 421 g/mol. The van der Waals surface area contributed by atoms with Crippen LogP contribution in [-0.4, -0.2) is 45.4 Å². The van der Waals surface area contributed by atoms with Gasteiger partial charge >= 0.3 is 0 Å². The van der Waals surface area contributed by atoms with E-state index in [1.165, 1.54) is 15.9 Å². The summed E-state index contributed by atoms with van der Waals surface area (Å²) in [6.45, 7) is 0.378. The lowest BCUT2D eigenvalue weighted by atomic mass is 10.2. The molecule has 3 rings (SSSR count). The van der Waals surface area contributed by atoms with E-state index in [1.54, 1.807) is 0 Å². The SMILES string of the molecule is NC(=O)CSc1nc2c(sc3ccccc32)c(=O)n1CCCC(=O)NCCO. The fraction of sp³-hybridized carbons (Fsp3) is 0.333. The smallest absolute Gasteiger partial charge is 0.272 e. The van der Waals surface area contributed by atoms with Crippen LogP contribution in [-0.2, 0) is 16.1 Å². The number of carbonyl (C=O) groups excluding carboxylic acids is 2. The van der Waals surface area contributed by atoms with Crippen molar-refractivity contribution in [2.75, 3.05) is 18.9 Å². The largest absolute Gasteiger partial charge is 0.395 e. The highest BCUT2D eigenvalue weighted by molar-refractivity contribution is 7.99. The number of primary amides is 1. The number of aliphatic hydroxyl groups is 1. The molecule has 2 aromatic heterocycles. The van der Waals surface area contributed by atoms with Crippen molar-refractivity contribution >= 4 is 55.2 Å². The third-order valence-electron chi connectivity index (χ3n) is 4.01. The van der Waals surface area contributed by atoms with Gasteiger partial charge in [0.1, 0.15) is 4.70 Å². The predicted molar refractivity (Wildman–Crippen MR) is 111 cm³/mol. The summed E-state index contributed by atoms with van der Waals surface area (Å²) in [5.74, 6) is -0.675. The van der Waals surface area contributed by atoms with Gasteiger partial charge in [-0.15, -0.1) is 11.3 Å². The summed E-state index contributed by atoms with van der Waals surface area (Å²) in [7, 11) is 0. The first-order valence-corrected chi connectivity index (χ1v) is 10.5. The summed E-state index contributed by atoms with van der Waals surface area (Å²) in [5, 5.41) is 12.6. The van der Waals surface area contributed by atoms with Gasteiger partial charge < -0.3 is 16.2 Å². The van der Waals surface area contributed by atoms with Crippen molar-refractivity contribution in [1.82, 2.24) is 14.9 Å². The van der Waals surface area contributed by atoms with Gasteiger partial charge in [0, 0.05) is 29.6 Å². The Morgan fingerprint density at radius 1 is 1.32 bits per heavy atom. The van der Waals surface area contributed by atoms with Crippen molar-refractivity contribution in [2.24, 2.45) is 5.73 Å². The Bertz CT molecular complexity index is 1080. The Morgan fingerprint density at radius 2 is 2.11 bits per heavy atom. The molecular weight excluding hydrogens is 400 g/mol. The number of benzene rings is 1. The van der Waals surface area contributed by atoms with Gasteiger partial charge in [0.2, 0.25) is 11.8 Å². The average Bonchev–Trinajstić information content (AvgIpc) is 3.05. The third-order valence-corrected chi connectivity index (χ3v) is 6.16. The van der Waals surface area contributed by atoms with Crippen LogP contribution in [0.4, 0.5) is 0 Å². The van der Waals surface area contributed by atoms with Crippen molar-refractivity contribution in [3.8, 4) is 0 Å². The van der Waals surface area contributed by atoms with E-state index in [0.717, 1.165) is 21.8 Å². The number of thiophene rings is 1. The number of hydrogen-bond acceptors (Lipinski definition) is 7. The number of nitrogens with zero attached hydrogens (tertiary/aromatic N) is 2. The lowest BCUT2D eigenvalue weighted by Crippen LogP contribution is -2.28. The molecule has 8 nitrogen and oxygen atoms in total. The number of amides is 2. The van der Waals surface area contributed by atoms with Crippen LogP contribution in [0.2, 0.25) is 0 Å². The molecule has 1 aromatic carbocycles. The maximum absolute atomic E-state index is 13.1. The van der Waals surface area contributed by atoms with E-state index >= 15 is 0 Å². The Hall–Kier alpha value is -2.43. The highest BCUT2D eigenvalue weighted by Crippen LogP contribution is 2.31. The molecule has 3 aromatic rings. The van der Waals surface area contributed by atoms with Gasteiger partial charge in [-0.2, -0.15) is 0 Å². The van der Waals surface area contributed by atoms with Gasteiger partial charge in [0.25, 0.3) is 5.56 Å². The van der Waals surface area contributed by atoms with E-state index in [0.29, 0.717) is 28.3 Å². The molecule has 2 amide bonds. The lowest BCUT2D eigenvalue weighted by Gasteiger charge is -2.11. The lowest BCUT2D eigenvalue weighted by molar-refractivity contribution is -0.121. The number of nitrogens with one attached hydrogen (secondary N) is 1. The van der Waals surface area contributed by atoms with E-state index in [9.17, 15) is 14.4 Å². The number of hydrogen-bond donors (Lipinski definition) is 3. The van der Waals surface area contributed by atoms with Gasteiger partial charge in [-0.05, 0) is 12.5 Å². The number of carbonyl (C=O) groups is 2. The topological polar surface area (TPSA) is 127 Å². The van der Waals surface area contributed by atoms with Crippen LogP contribution >= 0.6 is 23.1 Å². The van der Waals surface area contributed by atoms with Gasteiger partial charge in [-0.25, -0.2) is 4.98 Å². The molecule has 0 saturated heterocycles. The molecule has 0 spiro atoms. The molecule has 10 heteroatoms. The Morgan fingerprint density at radius 3 is 2.86 bits per heavy atom. The minimum absolute atomic E-state index is 0.0109. The van der Waals surface area contributed by atoms with Crippen molar-refractivity contribution in [3.05, 3.63) is 34.6 Å². The second kappa shape index (κ2) is 9.18. The van der Waals surface area contributed by atoms with Crippen molar-refractivity contribution in [1.29, 1.82) is 0 Å². The minimum atomic E-state index is -0.496. The zero-order chi connectivity index (χ0) is 20.1. The van der Waals surface area contributed by atoms with Gasteiger partial charge in [-0.3, -0.25) is 19.0 Å². The van der Waals surface area contributed by atoms with Crippen LogP contribution in [0.15, 0.2) is 34.2 Å². The van der Waals surface area contributed by atoms with Crippen LogP contribution in [0, 0.1) is 0 Å². The van der Waals surface area contributed by atoms with E-state index in [-0.39, 0.29) is 36.8 Å². The summed E-state index contributed by atoms with van der Waals surface area (Å²) >= 11 is 2.50. The highest BCUT2D eigenvalue weighted by atomic mass is 32.2. The molecule has 2 heterocycles. The van der Waals surface area contributed by atoms with E-state index in [2.05, 4.69) is 10.3 Å². The molecule has 0 unspecified atom stereocenters. The van der Waals surface area contributed by atoms with Crippen LogP contribution in [0.1, 0.15) is 12.8 Å². The zero-order valence-electron chi connectivity index (χ0n) is 15.0.